The second kappa shape index (κ2) is 4.16. The topological polar surface area (TPSA) is 26.3 Å². The predicted octanol–water partition coefficient (Wildman–Crippen LogP) is 2.12. The van der Waals surface area contributed by atoms with E-state index in [0.717, 1.165) is 12.0 Å². The molecule has 1 aromatic carbocycles. The maximum atomic E-state index is 11.1. The van der Waals surface area contributed by atoms with E-state index in [1.54, 1.807) is 12.1 Å². The third kappa shape index (κ3) is 2.37. The molecule has 0 saturated carbocycles. The summed E-state index contributed by atoms with van der Waals surface area (Å²) in [5.41, 5.74) is 0.666. The fourth-order valence-corrected chi connectivity index (χ4v) is 1.08. The van der Waals surface area contributed by atoms with Crippen LogP contribution >= 0.6 is 12.0 Å². The molecule has 1 aromatic rings. The Balaban J connectivity index is 2.69. The summed E-state index contributed by atoms with van der Waals surface area (Å²) < 4.78 is 4.63. The summed E-state index contributed by atoms with van der Waals surface area (Å²) >= 11 is 0.845. The summed E-state index contributed by atoms with van der Waals surface area (Å²) in [5.74, 6) is 0. The molecule has 58 valence electrons. The number of carbonyl (C=O) groups excluding carboxylic acids is 1. The highest BCUT2D eigenvalue weighted by molar-refractivity contribution is 8.10. The Kier molecular flexibility index (Phi) is 3.14. The summed E-state index contributed by atoms with van der Waals surface area (Å²) in [6.45, 7) is 0. The predicted molar refractivity (Wildman–Crippen MR) is 45.4 cm³/mol. The quantitative estimate of drug-likeness (QED) is 0.633. The van der Waals surface area contributed by atoms with Gasteiger partial charge in [-0.2, -0.15) is 0 Å². The van der Waals surface area contributed by atoms with Crippen LogP contribution in [0.3, 0.4) is 0 Å². The first-order chi connectivity index (χ1) is 5.34. The number of benzene rings is 1. The second-order valence-electron chi connectivity index (χ2n) is 1.90. The highest BCUT2D eigenvalue weighted by Crippen LogP contribution is 2.11. The van der Waals surface area contributed by atoms with Gasteiger partial charge in [0, 0.05) is 5.56 Å². The minimum absolute atomic E-state index is 0.0619. The van der Waals surface area contributed by atoms with E-state index >= 15 is 0 Å². The molecule has 0 aliphatic heterocycles. The van der Waals surface area contributed by atoms with Gasteiger partial charge in [0.2, 0.25) is 5.12 Å². The van der Waals surface area contributed by atoms with Crippen molar-refractivity contribution in [1.82, 2.24) is 0 Å². The Morgan fingerprint density at radius 2 is 2.00 bits per heavy atom. The molecule has 11 heavy (non-hydrogen) atoms. The monoisotopic (exact) mass is 168 g/mol. The molecule has 0 unspecified atom stereocenters. The lowest BCUT2D eigenvalue weighted by atomic mass is 10.2. The van der Waals surface area contributed by atoms with Gasteiger partial charge < -0.3 is 4.18 Å². The SMILES string of the molecule is COSC(=O)c1ccccc1. The fourth-order valence-electron chi connectivity index (χ4n) is 0.698. The smallest absolute Gasteiger partial charge is 0.246 e. The molecule has 1 rings (SSSR count). The van der Waals surface area contributed by atoms with Crippen LogP contribution in [0.5, 0.6) is 0 Å². The van der Waals surface area contributed by atoms with Crippen molar-refractivity contribution >= 4 is 17.2 Å². The van der Waals surface area contributed by atoms with Gasteiger partial charge in [0.05, 0.1) is 19.2 Å². The Morgan fingerprint density at radius 1 is 1.36 bits per heavy atom. The first kappa shape index (κ1) is 8.30. The largest absolute Gasteiger partial charge is 0.311 e. The zero-order valence-electron chi connectivity index (χ0n) is 6.11. The van der Waals surface area contributed by atoms with Gasteiger partial charge in [-0.3, -0.25) is 4.79 Å². The molecule has 0 heterocycles. The lowest BCUT2D eigenvalue weighted by Crippen LogP contribution is -1.91. The Labute approximate surface area is 69.8 Å². The van der Waals surface area contributed by atoms with Crippen LogP contribution in [0.1, 0.15) is 10.4 Å². The van der Waals surface area contributed by atoms with Gasteiger partial charge in [-0.1, -0.05) is 30.3 Å². The minimum Gasteiger partial charge on any atom is -0.311 e. The third-order valence-electron chi connectivity index (χ3n) is 1.17. The van der Waals surface area contributed by atoms with Crippen molar-refractivity contribution in [3.63, 3.8) is 0 Å². The summed E-state index contributed by atoms with van der Waals surface area (Å²) in [6.07, 6.45) is 0. The second-order valence-corrected chi connectivity index (χ2v) is 2.77. The molecule has 0 radical (unpaired) electrons. The van der Waals surface area contributed by atoms with Gasteiger partial charge in [-0.05, 0) is 0 Å². The zero-order valence-corrected chi connectivity index (χ0v) is 6.93. The van der Waals surface area contributed by atoms with Crippen LogP contribution in [0.15, 0.2) is 30.3 Å². The van der Waals surface area contributed by atoms with Crippen molar-refractivity contribution in [2.75, 3.05) is 7.11 Å². The van der Waals surface area contributed by atoms with Crippen molar-refractivity contribution in [2.24, 2.45) is 0 Å². The van der Waals surface area contributed by atoms with Crippen molar-refractivity contribution in [1.29, 1.82) is 0 Å². The number of hydrogen-bond acceptors (Lipinski definition) is 3. The molecule has 0 spiro atoms. The van der Waals surface area contributed by atoms with Gasteiger partial charge in [0.1, 0.15) is 0 Å². The number of hydrogen-bond donors (Lipinski definition) is 0. The van der Waals surface area contributed by atoms with Crippen LogP contribution in [0.2, 0.25) is 0 Å². The van der Waals surface area contributed by atoms with Crippen LogP contribution in [0.4, 0.5) is 0 Å². The minimum atomic E-state index is -0.0619. The summed E-state index contributed by atoms with van der Waals surface area (Å²) in [4.78, 5) is 11.1. The molecule has 0 saturated heterocycles. The van der Waals surface area contributed by atoms with Crippen LogP contribution in [-0.4, -0.2) is 12.2 Å². The van der Waals surface area contributed by atoms with Gasteiger partial charge in [-0.25, -0.2) is 0 Å². The Morgan fingerprint density at radius 3 is 2.55 bits per heavy atom. The van der Waals surface area contributed by atoms with Crippen LogP contribution in [0.25, 0.3) is 0 Å². The Hall–Kier alpha value is -0.800. The molecule has 0 bridgehead atoms. The van der Waals surface area contributed by atoms with E-state index in [2.05, 4.69) is 4.18 Å². The zero-order chi connectivity index (χ0) is 8.10. The molecule has 2 nitrogen and oxygen atoms in total. The molecular weight excluding hydrogens is 160 g/mol. The maximum absolute atomic E-state index is 11.1. The third-order valence-corrected chi connectivity index (χ3v) is 1.72. The molecule has 0 N–H and O–H groups in total. The normalized spacial score (nSPS) is 9.55. The van der Waals surface area contributed by atoms with Crippen molar-refractivity contribution in [3.05, 3.63) is 35.9 Å². The number of carbonyl (C=O) groups is 1. The molecule has 0 aliphatic rings. The fraction of sp³-hybridized carbons (Fsp3) is 0.125. The lowest BCUT2D eigenvalue weighted by Gasteiger charge is -1.95. The molecule has 0 aromatic heterocycles. The van der Waals surface area contributed by atoms with E-state index in [9.17, 15) is 4.79 Å². The van der Waals surface area contributed by atoms with E-state index in [1.807, 2.05) is 18.2 Å². The maximum Gasteiger partial charge on any atom is 0.246 e. The van der Waals surface area contributed by atoms with Crippen molar-refractivity contribution < 1.29 is 8.98 Å². The van der Waals surface area contributed by atoms with Gasteiger partial charge in [0.15, 0.2) is 0 Å². The summed E-state index contributed by atoms with van der Waals surface area (Å²) in [5, 5.41) is -0.0619. The van der Waals surface area contributed by atoms with Crippen molar-refractivity contribution in [3.8, 4) is 0 Å². The van der Waals surface area contributed by atoms with Crippen LogP contribution < -0.4 is 0 Å². The van der Waals surface area contributed by atoms with E-state index in [-0.39, 0.29) is 5.12 Å². The molecule has 0 amide bonds. The van der Waals surface area contributed by atoms with E-state index in [4.69, 9.17) is 0 Å². The average molecular weight is 168 g/mol. The first-order valence-corrected chi connectivity index (χ1v) is 3.89. The van der Waals surface area contributed by atoms with Gasteiger partial charge in [0.25, 0.3) is 0 Å². The molecule has 3 heteroatoms. The van der Waals surface area contributed by atoms with Gasteiger partial charge in [-0.15, -0.1) is 0 Å². The average Bonchev–Trinajstić information content (AvgIpc) is 2.07. The summed E-state index contributed by atoms with van der Waals surface area (Å²) in [6, 6.07) is 9.03. The van der Waals surface area contributed by atoms with E-state index in [1.165, 1.54) is 7.11 Å². The first-order valence-electron chi connectivity index (χ1n) is 3.14. The molecule has 0 aliphatic carbocycles. The van der Waals surface area contributed by atoms with E-state index in [0.29, 0.717) is 5.56 Å². The highest BCUT2D eigenvalue weighted by Gasteiger charge is 2.03. The lowest BCUT2D eigenvalue weighted by molar-refractivity contribution is 0.108. The summed E-state index contributed by atoms with van der Waals surface area (Å²) in [7, 11) is 1.48. The number of rotatable bonds is 2. The standard InChI is InChI=1S/C8H8O2S/c1-10-11-8(9)7-5-3-2-4-6-7/h2-6H,1H3. The molecule has 0 fully saturated rings. The highest BCUT2D eigenvalue weighted by atomic mass is 32.2. The van der Waals surface area contributed by atoms with Crippen molar-refractivity contribution in [2.45, 2.75) is 0 Å². The molecule has 0 atom stereocenters. The van der Waals surface area contributed by atoms with Crippen LogP contribution in [-0.2, 0) is 4.18 Å². The molecular formula is C8H8O2S. The van der Waals surface area contributed by atoms with Gasteiger partial charge >= 0.3 is 0 Å². The van der Waals surface area contributed by atoms with Crippen LogP contribution in [0, 0.1) is 0 Å². The Bertz CT molecular complexity index is 233. The van der Waals surface area contributed by atoms with E-state index < -0.39 is 0 Å².